The Morgan fingerprint density at radius 2 is 1.64 bits per heavy atom. The standard InChI is InChI=1S/C24H32N4O4S/c1-26-9-11-28(12-10-26)23-3-2-4-24-22(23)17-19(18-32-24)25-33(29,30)21-7-5-20(6-8-21)27-13-15-31-16-14-27/h2-8,19,25H,9-18H2,1H3. The van der Waals surface area contributed by atoms with Crippen molar-refractivity contribution >= 4 is 21.4 Å². The van der Waals surface area contributed by atoms with E-state index in [-0.39, 0.29) is 10.9 Å². The number of ether oxygens (including phenoxy) is 2. The normalized spacial score (nSPS) is 22.0. The van der Waals surface area contributed by atoms with Crippen molar-refractivity contribution < 1.29 is 17.9 Å². The molecule has 0 aliphatic carbocycles. The highest BCUT2D eigenvalue weighted by atomic mass is 32.2. The molecule has 2 aromatic carbocycles. The smallest absolute Gasteiger partial charge is 0.240 e. The number of hydrogen-bond acceptors (Lipinski definition) is 7. The van der Waals surface area contributed by atoms with Crippen LogP contribution in [0.15, 0.2) is 47.4 Å². The second kappa shape index (κ2) is 9.50. The summed E-state index contributed by atoms with van der Waals surface area (Å²) in [5, 5.41) is 0. The number of anilines is 2. The average molecular weight is 473 g/mol. The molecule has 3 aliphatic heterocycles. The van der Waals surface area contributed by atoms with Gasteiger partial charge >= 0.3 is 0 Å². The Bertz CT molecular complexity index is 1060. The Morgan fingerprint density at radius 3 is 2.36 bits per heavy atom. The summed E-state index contributed by atoms with van der Waals surface area (Å²) in [5.41, 5.74) is 3.26. The Hall–Kier alpha value is -2.33. The zero-order valence-corrected chi connectivity index (χ0v) is 19.9. The average Bonchev–Trinajstić information content (AvgIpc) is 2.85. The maximum Gasteiger partial charge on any atom is 0.240 e. The van der Waals surface area contributed by atoms with Crippen LogP contribution in [0.4, 0.5) is 11.4 Å². The number of nitrogens with zero attached hydrogens (tertiary/aromatic N) is 3. The first kappa shape index (κ1) is 22.5. The summed E-state index contributed by atoms with van der Waals surface area (Å²) in [4.78, 5) is 7.18. The molecule has 1 N–H and O–H groups in total. The van der Waals surface area contributed by atoms with Crippen molar-refractivity contribution in [1.82, 2.24) is 9.62 Å². The van der Waals surface area contributed by atoms with Crippen molar-refractivity contribution in [2.24, 2.45) is 0 Å². The molecule has 0 spiro atoms. The third-order valence-corrected chi connectivity index (χ3v) is 8.22. The van der Waals surface area contributed by atoms with Gasteiger partial charge in [-0.25, -0.2) is 13.1 Å². The molecule has 2 aromatic rings. The summed E-state index contributed by atoms with van der Waals surface area (Å²) in [5.74, 6) is 0.858. The zero-order valence-electron chi connectivity index (χ0n) is 19.1. The van der Waals surface area contributed by atoms with Gasteiger partial charge in [0.15, 0.2) is 0 Å². The van der Waals surface area contributed by atoms with Crippen molar-refractivity contribution in [2.75, 3.05) is 75.9 Å². The highest BCUT2D eigenvalue weighted by Crippen LogP contribution is 2.34. The van der Waals surface area contributed by atoms with E-state index < -0.39 is 10.0 Å². The van der Waals surface area contributed by atoms with Gasteiger partial charge in [-0.05, 0) is 49.9 Å². The van der Waals surface area contributed by atoms with Gasteiger partial charge in [-0.3, -0.25) is 0 Å². The number of nitrogens with one attached hydrogen (secondary N) is 1. The van der Waals surface area contributed by atoms with Gasteiger partial charge in [-0.1, -0.05) is 6.07 Å². The molecule has 1 atom stereocenters. The quantitative estimate of drug-likeness (QED) is 0.708. The monoisotopic (exact) mass is 472 g/mol. The maximum absolute atomic E-state index is 13.1. The van der Waals surface area contributed by atoms with E-state index in [2.05, 4.69) is 32.5 Å². The number of rotatable bonds is 5. The van der Waals surface area contributed by atoms with Crippen molar-refractivity contribution in [2.45, 2.75) is 17.4 Å². The lowest BCUT2D eigenvalue weighted by Crippen LogP contribution is -2.46. The Morgan fingerprint density at radius 1 is 0.909 bits per heavy atom. The summed E-state index contributed by atoms with van der Waals surface area (Å²) in [6, 6.07) is 12.9. The van der Waals surface area contributed by atoms with Crippen LogP contribution in [0.1, 0.15) is 5.56 Å². The number of morpholine rings is 1. The van der Waals surface area contributed by atoms with Crippen LogP contribution in [0, 0.1) is 0 Å². The summed E-state index contributed by atoms with van der Waals surface area (Å²) >= 11 is 0. The van der Waals surface area contributed by atoms with E-state index in [0.717, 1.165) is 62.0 Å². The molecule has 178 valence electrons. The molecule has 0 amide bonds. The fraction of sp³-hybridized carbons (Fsp3) is 0.500. The van der Waals surface area contributed by atoms with Crippen LogP contribution in [0.25, 0.3) is 0 Å². The Kier molecular flexibility index (Phi) is 6.47. The molecule has 0 aromatic heterocycles. The SMILES string of the molecule is CN1CCN(c2cccc3c2CC(NS(=O)(=O)c2ccc(N4CCOCC4)cc2)CO3)CC1. The molecule has 0 saturated carbocycles. The summed E-state index contributed by atoms with van der Waals surface area (Å²) < 4.78 is 40.5. The van der Waals surface area contributed by atoms with Crippen LogP contribution < -0.4 is 19.3 Å². The molecular weight excluding hydrogens is 440 g/mol. The van der Waals surface area contributed by atoms with E-state index in [0.29, 0.717) is 26.2 Å². The second-order valence-corrected chi connectivity index (χ2v) is 10.7. The first-order chi connectivity index (χ1) is 16.0. The first-order valence-corrected chi connectivity index (χ1v) is 13.1. The lowest BCUT2D eigenvalue weighted by molar-refractivity contribution is 0.122. The topological polar surface area (TPSA) is 74.4 Å². The summed E-state index contributed by atoms with van der Waals surface area (Å²) in [6.07, 6.45) is 0.614. The van der Waals surface area contributed by atoms with Crippen molar-refractivity contribution in [1.29, 1.82) is 0 Å². The van der Waals surface area contributed by atoms with Crippen molar-refractivity contribution in [3.63, 3.8) is 0 Å². The number of fused-ring (bicyclic) bond motifs is 1. The van der Waals surface area contributed by atoms with Crippen LogP contribution in [-0.4, -0.2) is 85.5 Å². The maximum atomic E-state index is 13.1. The van der Waals surface area contributed by atoms with E-state index in [4.69, 9.17) is 9.47 Å². The predicted octanol–water partition coefficient (Wildman–Crippen LogP) is 1.56. The largest absolute Gasteiger partial charge is 0.492 e. The summed E-state index contributed by atoms with van der Waals surface area (Å²) in [6.45, 7) is 7.30. The highest BCUT2D eigenvalue weighted by molar-refractivity contribution is 7.89. The van der Waals surface area contributed by atoms with Crippen LogP contribution in [-0.2, 0) is 21.2 Å². The fourth-order valence-corrected chi connectivity index (χ4v) is 5.98. The molecule has 1 unspecified atom stereocenters. The molecule has 2 fully saturated rings. The van der Waals surface area contributed by atoms with Gasteiger partial charge in [-0.15, -0.1) is 0 Å². The molecule has 3 heterocycles. The summed E-state index contributed by atoms with van der Waals surface area (Å²) in [7, 11) is -1.51. The number of piperazine rings is 1. The van der Waals surface area contributed by atoms with E-state index in [1.807, 2.05) is 24.3 Å². The van der Waals surface area contributed by atoms with Gasteiger partial charge in [0.2, 0.25) is 10.0 Å². The Balaban J connectivity index is 1.29. The van der Waals surface area contributed by atoms with Crippen LogP contribution >= 0.6 is 0 Å². The van der Waals surface area contributed by atoms with Crippen LogP contribution in [0.3, 0.4) is 0 Å². The Labute approximate surface area is 196 Å². The highest BCUT2D eigenvalue weighted by Gasteiger charge is 2.29. The number of benzene rings is 2. The van der Waals surface area contributed by atoms with Gasteiger partial charge in [0.25, 0.3) is 0 Å². The molecular formula is C24H32N4O4S. The minimum absolute atomic E-state index is 0.276. The number of likely N-dealkylation sites (N-methyl/N-ethyl adjacent to an activating group) is 1. The predicted molar refractivity (Wildman–Crippen MR) is 129 cm³/mol. The lowest BCUT2D eigenvalue weighted by atomic mass is 10.00. The minimum atomic E-state index is -3.65. The first-order valence-electron chi connectivity index (χ1n) is 11.6. The molecule has 9 heteroatoms. The third kappa shape index (κ3) is 4.96. The number of sulfonamides is 1. The second-order valence-electron chi connectivity index (χ2n) is 8.97. The molecule has 3 aliphatic rings. The van der Waals surface area contributed by atoms with Crippen molar-refractivity contribution in [3.05, 3.63) is 48.0 Å². The number of hydrogen-bond donors (Lipinski definition) is 1. The molecule has 33 heavy (non-hydrogen) atoms. The van der Waals surface area contributed by atoms with Gasteiger partial charge in [-0.2, -0.15) is 0 Å². The van der Waals surface area contributed by atoms with Crippen molar-refractivity contribution in [3.8, 4) is 5.75 Å². The lowest BCUT2D eigenvalue weighted by Gasteiger charge is -2.37. The fourth-order valence-electron chi connectivity index (χ4n) is 4.75. The molecule has 2 saturated heterocycles. The van der Waals surface area contributed by atoms with E-state index in [1.165, 1.54) is 0 Å². The molecule has 0 bridgehead atoms. The van der Waals surface area contributed by atoms with Gasteiger partial charge < -0.3 is 24.2 Å². The van der Waals surface area contributed by atoms with Crippen LogP contribution in [0.5, 0.6) is 5.75 Å². The van der Waals surface area contributed by atoms with E-state index in [1.54, 1.807) is 12.1 Å². The molecule has 8 nitrogen and oxygen atoms in total. The van der Waals surface area contributed by atoms with Gasteiger partial charge in [0.05, 0.1) is 24.2 Å². The third-order valence-electron chi connectivity index (χ3n) is 6.69. The zero-order chi connectivity index (χ0) is 22.8. The van der Waals surface area contributed by atoms with Crippen LogP contribution in [0.2, 0.25) is 0 Å². The molecule has 5 rings (SSSR count). The minimum Gasteiger partial charge on any atom is -0.492 e. The van der Waals surface area contributed by atoms with Gasteiger partial charge in [0, 0.05) is 56.2 Å². The molecule has 0 radical (unpaired) electrons. The van der Waals surface area contributed by atoms with Gasteiger partial charge in [0.1, 0.15) is 12.4 Å². The van der Waals surface area contributed by atoms with E-state index >= 15 is 0 Å². The van der Waals surface area contributed by atoms with E-state index in [9.17, 15) is 8.42 Å².